The third-order valence-corrected chi connectivity index (χ3v) is 4.77. The molecule has 1 N–H and O–H groups in total. The van der Waals surface area contributed by atoms with Gasteiger partial charge in [0.1, 0.15) is 6.04 Å². The summed E-state index contributed by atoms with van der Waals surface area (Å²) in [6, 6.07) is 5.69. The summed E-state index contributed by atoms with van der Waals surface area (Å²) in [7, 11) is 0. The molecule has 1 heterocycles. The van der Waals surface area contributed by atoms with Gasteiger partial charge in [-0.3, -0.25) is 9.59 Å². The fourth-order valence-corrected chi connectivity index (χ4v) is 3.28. The second-order valence-corrected chi connectivity index (χ2v) is 7.75. The number of carbonyl (C=O) groups is 3. The molecule has 0 aromatic heterocycles. The van der Waals surface area contributed by atoms with Gasteiger partial charge in [-0.2, -0.15) is 0 Å². The number of halogens is 1. The van der Waals surface area contributed by atoms with E-state index >= 15 is 0 Å². The maximum absolute atomic E-state index is 12.5. The molecule has 0 bridgehead atoms. The van der Waals surface area contributed by atoms with Crippen molar-refractivity contribution in [3.05, 3.63) is 34.9 Å². The number of morpholine rings is 1. The van der Waals surface area contributed by atoms with Crippen LogP contribution in [0, 0.1) is 5.92 Å². The van der Waals surface area contributed by atoms with Crippen LogP contribution in [-0.2, 0) is 19.1 Å². The number of benzene rings is 1. The summed E-state index contributed by atoms with van der Waals surface area (Å²) in [6.07, 6.45) is -0.136. The fraction of sp³-hybridized carbons (Fsp3) is 0.550. The number of hydrogen-bond acceptors (Lipinski definition) is 5. The molecule has 1 aromatic carbocycles. The zero-order valence-corrected chi connectivity index (χ0v) is 17.4. The molecule has 1 aliphatic heterocycles. The molecule has 1 aliphatic rings. The maximum Gasteiger partial charge on any atom is 0.329 e. The zero-order chi connectivity index (χ0) is 20.8. The molecule has 2 amide bonds. The van der Waals surface area contributed by atoms with Crippen molar-refractivity contribution in [2.45, 2.75) is 45.9 Å². The lowest BCUT2D eigenvalue weighted by Gasteiger charge is -2.35. The Morgan fingerprint density at radius 3 is 2.39 bits per heavy atom. The maximum atomic E-state index is 12.5. The number of carbonyl (C=O) groups excluding carboxylic acids is 3. The minimum absolute atomic E-state index is 0.0678. The highest BCUT2D eigenvalue weighted by atomic mass is 35.5. The highest BCUT2D eigenvalue weighted by molar-refractivity contribution is 6.33. The average Bonchev–Trinajstić information content (AvgIpc) is 2.63. The number of nitrogens with zero attached hydrogens (tertiary/aromatic N) is 1. The Kier molecular flexibility index (Phi) is 7.83. The van der Waals surface area contributed by atoms with Gasteiger partial charge in [0.15, 0.2) is 6.61 Å². The van der Waals surface area contributed by atoms with Crippen LogP contribution in [0.15, 0.2) is 24.3 Å². The Hall–Kier alpha value is -2.12. The van der Waals surface area contributed by atoms with Crippen molar-refractivity contribution in [1.82, 2.24) is 10.2 Å². The van der Waals surface area contributed by atoms with Crippen LogP contribution in [0.3, 0.4) is 0 Å². The molecule has 0 radical (unpaired) electrons. The van der Waals surface area contributed by atoms with Gasteiger partial charge in [0.25, 0.3) is 11.8 Å². The van der Waals surface area contributed by atoms with Crippen molar-refractivity contribution < 1.29 is 23.9 Å². The van der Waals surface area contributed by atoms with Gasteiger partial charge in [0.2, 0.25) is 0 Å². The normalized spacial score (nSPS) is 20.6. The quantitative estimate of drug-likeness (QED) is 0.727. The van der Waals surface area contributed by atoms with Crippen LogP contribution < -0.4 is 5.32 Å². The first-order valence-corrected chi connectivity index (χ1v) is 9.72. The van der Waals surface area contributed by atoms with E-state index in [1.54, 1.807) is 43.0 Å². The second kappa shape index (κ2) is 9.89. The highest BCUT2D eigenvalue weighted by Crippen LogP contribution is 2.16. The van der Waals surface area contributed by atoms with Gasteiger partial charge < -0.3 is 19.7 Å². The van der Waals surface area contributed by atoms with Gasteiger partial charge >= 0.3 is 5.97 Å². The molecule has 28 heavy (non-hydrogen) atoms. The topological polar surface area (TPSA) is 84.9 Å². The first-order valence-electron chi connectivity index (χ1n) is 9.34. The molecular formula is C20H27ClN2O5. The van der Waals surface area contributed by atoms with Crippen molar-refractivity contribution in [2.24, 2.45) is 5.92 Å². The number of nitrogens with one attached hydrogen (secondary N) is 1. The number of hydrogen-bond donors (Lipinski definition) is 1. The molecular weight excluding hydrogens is 384 g/mol. The molecule has 0 saturated carbocycles. The molecule has 7 nitrogen and oxygen atoms in total. The van der Waals surface area contributed by atoms with Crippen LogP contribution in [0.4, 0.5) is 0 Å². The van der Waals surface area contributed by atoms with Crippen LogP contribution in [-0.4, -0.2) is 60.6 Å². The zero-order valence-electron chi connectivity index (χ0n) is 16.6. The van der Waals surface area contributed by atoms with Crippen LogP contribution in [0.1, 0.15) is 38.1 Å². The summed E-state index contributed by atoms with van der Waals surface area (Å²) in [4.78, 5) is 38.9. The number of rotatable bonds is 6. The summed E-state index contributed by atoms with van der Waals surface area (Å²) < 4.78 is 10.8. The SMILES string of the molecule is CC1CN(C(=O)COC(=O)[C@@H](NC(=O)c2ccccc2Cl)C(C)C)CC(C)O1. The standard InChI is InChI=1S/C20H27ClN2O5/c1-12(2)18(22-19(25)15-7-5-6-8-16(15)21)20(26)27-11-17(24)23-9-13(3)28-14(4)10-23/h5-8,12-14,18H,9-11H2,1-4H3,(H,22,25)/t13?,14?,18-/m0/s1. The van der Waals surface area contributed by atoms with E-state index in [1.807, 2.05) is 13.8 Å². The van der Waals surface area contributed by atoms with Crippen molar-refractivity contribution in [2.75, 3.05) is 19.7 Å². The third kappa shape index (κ3) is 5.94. The predicted molar refractivity (Wildman–Crippen MR) is 105 cm³/mol. The lowest BCUT2D eigenvalue weighted by atomic mass is 10.0. The lowest BCUT2D eigenvalue weighted by Crippen LogP contribution is -2.50. The third-order valence-electron chi connectivity index (χ3n) is 4.44. The fourth-order valence-electron chi connectivity index (χ4n) is 3.06. The van der Waals surface area contributed by atoms with Gasteiger partial charge in [-0.1, -0.05) is 37.6 Å². The minimum atomic E-state index is -0.890. The van der Waals surface area contributed by atoms with Gasteiger partial charge in [-0.05, 0) is 31.9 Å². The van der Waals surface area contributed by atoms with Crippen molar-refractivity contribution in [3.63, 3.8) is 0 Å². The molecule has 1 saturated heterocycles. The highest BCUT2D eigenvalue weighted by Gasteiger charge is 2.30. The smallest absolute Gasteiger partial charge is 0.329 e. The molecule has 0 aliphatic carbocycles. The predicted octanol–water partition coefficient (Wildman–Crippen LogP) is 2.27. The molecule has 2 rings (SSSR count). The van der Waals surface area contributed by atoms with Gasteiger partial charge in [0.05, 0.1) is 22.8 Å². The van der Waals surface area contributed by atoms with Crippen LogP contribution >= 0.6 is 11.6 Å². The first-order chi connectivity index (χ1) is 13.2. The Morgan fingerprint density at radius 2 is 1.82 bits per heavy atom. The van der Waals surface area contributed by atoms with Crippen LogP contribution in [0.2, 0.25) is 5.02 Å². The lowest BCUT2D eigenvalue weighted by molar-refractivity contribution is -0.159. The summed E-state index contributed by atoms with van der Waals surface area (Å²) >= 11 is 6.04. The Bertz CT molecular complexity index is 714. The number of amides is 2. The van der Waals surface area contributed by atoms with Crippen LogP contribution in [0.5, 0.6) is 0 Å². The summed E-state index contributed by atoms with van der Waals surface area (Å²) in [6.45, 7) is 7.89. The Labute approximate surface area is 170 Å². The largest absolute Gasteiger partial charge is 0.454 e. The average molecular weight is 411 g/mol. The van der Waals surface area contributed by atoms with Gasteiger partial charge in [0, 0.05) is 13.1 Å². The van der Waals surface area contributed by atoms with Gasteiger partial charge in [-0.15, -0.1) is 0 Å². The van der Waals surface area contributed by atoms with E-state index in [-0.39, 0.29) is 36.2 Å². The summed E-state index contributed by atoms with van der Waals surface area (Å²) in [5.41, 5.74) is 0.273. The van der Waals surface area contributed by atoms with E-state index in [2.05, 4.69) is 5.32 Å². The Balaban J connectivity index is 1.94. The monoisotopic (exact) mass is 410 g/mol. The van der Waals surface area contributed by atoms with Crippen molar-refractivity contribution >= 4 is 29.4 Å². The molecule has 8 heteroatoms. The minimum Gasteiger partial charge on any atom is -0.454 e. The molecule has 1 fully saturated rings. The van der Waals surface area contributed by atoms with E-state index < -0.39 is 17.9 Å². The molecule has 154 valence electrons. The van der Waals surface area contributed by atoms with E-state index in [9.17, 15) is 14.4 Å². The molecule has 3 atom stereocenters. The molecule has 0 spiro atoms. The summed E-state index contributed by atoms with van der Waals surface area (Å²) in [5, 5.41) is 2.94. The second-order valence-electron chi connectivity index (χ2n) is 7.34. The van der Waals surface area contributed by atoms with Gasteiger partial charge in [-0.25, -0.2) is 4.79 Å². The van der Waals surface area contributed by atoms with E-state index in [4.69, 9.17) is 21.1 Å². The molecule has 2 unspecified atom stereocenters. The van der Waals surface area contributed by atoms with E-state index in [0.717, 1.165) is 0 Å². The first kappa shape index (κ1) is 22.2. The van der Waals surface area contributed by atoms with E-state index in [0.29, 0.717) is 18.1 Å². The Morgan fingerprint density at radius 1 is 1.21 bits per heavy atom. The van der Waals surface area contributed by atoms with E-state index in [1.165, 1.54) is 0 Å². The van der Waals surface area contributed by atoms with Crippen molar-refractivity contribution in [1.29, 1.82) is 0 Å². The number of esters is 1. The number of ether oxygens (including phenoxy) is 2. The molecule has 1 aromatic rings. The summed E-state index contributed by atoms with van der Waals surface area (Å²) in [5.74, 6) is -1.63. The van der Waals surface area contributed by atoms with Crippen LogP contribution in [0.25, 0.3) is 0 Å². The van der Waals surface area contributed by atoms with Crippen molar-refractivity contribution in [3.8, 4) is 0 Å².